The van der Waals surface area contributed by atoms with Crippen molar-refractivity contribution in [3.8, 4) is 5.75 Å². The van der Waals surface area contributed by atoms with Crippen molar-refractivity contribution in [1.82, 2.24) is 5.32 Å². The summed E-state index contributed by atoms with van der Waals surface area (Å²) in [5, 5.41) is 3.49. The summed E-state index contributed by atoms with van der Waals surface area (Å²) in [5.41, 5.74) is 2.45. The van der Waals surface area contributed by atoms with E-state index >= 15 is 0 Å². The summed E-state index contributed by atoms with van der Waals surface area (Å²) < 4.78 is 5.74. The topological polar surface area (TPSA) is 21.3 Å². The second-order valence-corrected chi connectivity index (χ2v) is 5.01. The van der Waals surface area contributed by atoms with Crippen molar-refractivity contribution in [3.63, 3.8) is 0 Å². The normalized spacial score (nSPS) is 12.5. The van der Waals surface area contributed by atoms with Crippen LogP contribution in [-0.4, -0.2) is 12.6 Å². The number of benzene rings is 1. The molecule has 0 amide bonds. The van der Waals surface area contributed by atoms with Crippen molar-refractivity contribution in [3.05, 3.63) is 42.0 Å². The molecule has 1 rings (SSSR count). The van der Waals surface area contributed by atoms with Gasteiger partial charge in [0.15, 0.2) is 0 Å². The van der Waals surface area contributed by atoms with Gasteiger partial charge in [-0.1, -0.05) is 24.6 Å². The molecule has 2 nitrogen and oxygen atoms in total. The van der Waals surface area contributed by atoms with E-state index in [1.165, 1.54) is 11.1 Å². The molecular formula is C16H25NO. The van der Waals surface area contributed by atoms with Gasteiger partial charge in [0, 0.05) is 6.04 Å². The van der Waals surface area contributed by atoms with Crippen LogP contribution in [0, 0.1) is 0 Å². The summed E-state index contributed by atoms with van der Waals surface area (Å²) in [7, 11) is 0. The van der Waals surface area contributed by atoms with Crippen molar-refractivity contribution >= 4 is 0 Å². The lowest BCUT2D eigenvalue weighted by Crippen LogP contribution is -2.21. The molecule has 1 unspecified atom stereocenters. The van der Waals surface area contributed by atoms with Crippen molar-refractivity contribution in [2.75, 3.05) is 6.54 Å². The van der Waals surface area contributed by atoms with Crippen LogP contribution in [-0.2, 0) is 0 Å². The highest BCUT2D eigenvalue weighted by molar-refractivity contribution is 5.31. The summed E-state index contributed by atoms with van der Waals surface area (Å²) in [6.07, 6.45) is 1.16. The van der Waals surface area contributed by atoms with Gasteiger partial charge in [0.1, 0.15) is 5.75 Å². The van der Waals surface area contributed by atoms with Crippen LogP contribution in [0.1, 0.15) is 45.7 Å². The highest BCUT2D eigenvalue weighted by Crippen LogP contribution is 2.24. The third-order valence-electron chi connectivity index (χ3n) is 2.64. The first kappa shape index (κ1) is 14.8. The van der Waals surface area contributed by atoms with E-state index < -0.39 is 0 Å². The molecule has 0 aliphatic heterocycles. The molecule has 1 atom stereocenters. The number of hydrogen-bond donors (Lipinski definition) is 1. The molecule has 100 valence electrons. The summed E-state index contributed by atoms with van der Waals surface area (Å²) >= 11 is 0. The summed E-state index contributed by atoms with van der Waals surface area (Å²) in [6.45, 7) is 13.2. The van der Waals surface area contributed by atoms with Gasteiger partial charge < -0.3 is 10.1 Å². The van der Waals surface area contributed by atoms with Crippen LogP contribution in [0.4, 0.5) is 0 Å². The zero-order valence-corrected chi connectivity index (χ0v) is 12.0. The molecule has 0 aliphatic rings. The Labute approximate surface area is 111 Å². The summed E-state index contributed by atoms with van der Waals surface area (Å²) in [5.74, 6) is 0.937. The average molecular weight is 247 g/mol. The molecule has 0 spiro atoms. The minimum atomic E-state index is 0.207. The lowest BCUT2D eigenvalue weighted by atomic mass is 10.00. The summed E-state index contributed by atoms with van der Waals surface area (Å²) in [4.78, 5) is 0. The van der Waals surface area contributed by atoms with Crippen LogP contribution in [0.3, 0.4) is 0 Å². The quantitative estimate of drug-likeness (QED) is 0.733. The highest BCUT2D eigenvalue weighted by atomic mass is 16.5. The zero-order valence-electron chi connectivity index (χ0n) is 12.0. The number of hydrogen-bond acceptors (Lipinski definition) is 2. The predicted octanol–water partition coefficient (Wildman–Crippen LogP) is 4.09. The standard InChI is InChI=1S/C16H25NO/c1-6-17-16(10-12(2)3)14-8-7-9-15(11-14)18-13(4)5/h7-9,11,13,16-17H,2,6,10H2,1,3-5H3. The Balaban J connectivity index is 2.86. The molecule has 1 aromatic rings. The molecule has 0 radical (unpaired) electrons. The molecule has 0 saturated heterocycles. The van der Waals surface area contributed by atoms with E-state index in [0.29, 0.717) is 6.04 Å². The molecule has 18 heavy (non-hydrogen) atoms. The minimum Gasteiger partial charge on any atom is -0.491 e. The lowest BCUT2D eigenvalue weighted by Gasteiger charge is -2.20. The number of ether oxygens (including phenoxy) is 1. The maximum absolute atomic E-state index is 5.74. The Hall–Kier alpha value is -1.28. The van der Waals surface area contributed by atoms with Gasteiger partial charge in [-0.15, -0.1) is 6.58 Å². The van der Waals surface area contributed by atoms with Crippen LogP contribution in [0.2, 0.25) is 0 Å². The molecular weight excluding hydrogens is 222 g/mol. The van der Waals surface area contributed by atoms with Gasteiger partial charge in [0.2, 0.25) is 0 Å². The van der Waals surface area contributed by atoms with Crippen LogP contribution < -0.4 is 10.1 Å². The molecule has 0 aliphatic carbocycles. The van der Waals surface area contributed by atoms with E-state index in [1.807, 2.05) is 19.9 Å². The van der Waals surface area contributed by atoms with Gasteiger partial charge >= 0.3 is 0 Å². The van der Waals surface area contributed by atoms with Gasteiger partial charge in [0.05, 0.1) is 6.10 Å². The van der Waals surface area contributed by atoms with E-state index in [-0.39, 0.29) is 6.10 Å². The number of nitrogens with one attached hydrogen (secondary N) is 1. The fourth-order valence-electron chi connectivity index (χ4n) is 1.98. The molecule has 0 bridgehead atoms. The predicted molar refractivity (Wildman–Crippen MR) is 78.1 cm³/mol. The van der Waals surface area contributed by atoms with E-state index in [4.69, 9.17) is 4.74 Å². The first-order valence-electron chi connectivity index (χ1n) is 6.67. The van der Waals surface area contributed by atoms with Crippen molar-refractivity contribution in [2.45, 2.75) is 46.3 Å². The lowest BCUT2D eigenvalue weighted by molar-refractivity contribution is 0.242. The molecule has 0 aromatic heterocycles. The van der Waals surface area contributed by atoms with Gasteiger partial charge in [-0.2, -0.15) is 0 Å². The minimum absolute atomic E-state index is 0.207. The number of rotatable bonds is 7. The molecule has 1 aromatic carbocycles. The van der Waals surface area contributed by atoms with E-state index in [2.05, 4.69) is 43.9 Å². The monoisotopic (exact) mass is 247 g/mol. The van der Waals surface area contributed by atoms with Crippen molar-refractivity contribution in [2.24, 2.45) is 0 Å². The Bertz CT molecular complexity index is 384. The van der Waals surface area contributed by atoms with Crippen LogP contribution >= 0.6 is 0 Å². The maximum atomic E-state index is 5.74. The average Bonchev–Trinajstić information content (AvgIpc) is 2.27. The summed E-state index contributed by atoms with van der Waals surface area (Å²) in [6, 6.07) is 8.64. The molecule has 1 N–H and O–H groups in total. The first-order chi connectivity index (χ1) is 8.52. The van der Waals surface area contributed by atoms with Crippen molar-refractivity contribution < 1.29 is 4.74 Å². The second-order valence-electron chi connectivity index (χ2n) is 5.01. The third kappa shape index (κ3) is 4.92. The Kier molecular flexibility index (Phi) is 5.93. The Morgan fingerprint density at radius 1 is 1.39 bits per heavy atom. The fourth-order valence-corrected chi connectivity index (χ4v) is 1.98. The molecule has 2 heteroatoms. The van der Waals surface area contributed by atoms with Crippen LogP contribution in [0.15, 0.2) is 36.4 Å². The Morgan fingerprint density at radius 3 is 2.67 bits per heavy atom. The molecule has 0 saturated carbocycles. The van der Waals surface area contributed by atoms with Gasteiger partial charge in [-0.25, -0.2) is 0 Å². The van der Waals surface area contributed by atoms with E-state index in [9.17, 15) is 0 Å². The largest absolute Gasteiger partial charge is 0.491 e. The van der Waals surface area contributed by atoms with Gasteiger partial charge in [0.25, 0.3) is 0 Å². The third-order valence-corrected chi connectivity index (χ3v) is 2.64. The van der Waals surface area contributed by atoms with Gasteiger partial charge in [-0.05, 0) is 51.4 Å². The fraction of sp³-hybridized carbons (Fsp3) is 0.500. The molecule has 0 heterocycles. The van der Waals surface area contributed by atoms with E-state index in [0.717, 1.165) is 18.7 Å². The van der Waals surface area contributed by atoms with Gasteiger partial charge in [-0.3, -0.25) is 0 Å². The van der Waals surface area contributed by atoms with Crippen molar-refractivity contribution in [1.29, 1.82) is 0 Å². The highest BCUT2D eigenvalue weighted by Gasteiger charge is 2.11. The first-order valence-corrected chi connectivity index (χ1v) is 6.67. The second kappa shape index (κ2) is 7.22. The van der Waals surface area contributed by atoms with Crippen LogP contribution in [0.5, 0.6) is 5.75 Å². The Morgan fingerprint density at radius 2 is 2.11 bits per heavy atom. The maximum Gasteiger partial charge on any atom is 0.120 e. The molecule has 0 fully saturated rings. The van der Waals surface area contributed by atoms with Crippen LogP contribution in [0.25, 0.3) is 0 Å². The zero-order chi connectivity index (χ0) is 13.5. The SMILES string of the molecule is C=C(C)CC(NCC)c1cccc(OC(C)C)c1. The van der Waals surface area contributed by atoms with E-state index in [1.54, 1.807) is 0 Å². The smallest absolute Gasteiger partial charge is 0.120 e.